The SMILES string of the molecule is Cc1c(Cc2cccc(B3OC(C)(C)C(C)(C)O3)c2F)c(=O)oc2cc(Oc3ncccn3)ccc12. The molecule has 1 saturated heterocycles. The highest BCUT2D eigenvalue weighted by Crippen LogP contribution is 2.37. The van der Waals surface area contributed by atoms with Crippen LogP contribution >= 0.6 is 0 Å². The van der Waals surface area contributed by atoms with E-state index < -0.39 is 29.8 Å². The Morgan fingerprint density at radius 3 is 2.39 bits per heavy atom. The summed E-state index contributed by atoms with van der Waals surface area (Å²) in [5.74, 6) is -0.0216. The van der Waals surface area contributed by atoms with Crippen LogP contribution in [0.3, 0.4) is 0 Å². The topological polar surface area (TPSA) is 83.7 Å². The van der Waals surface area contributed by atoms with Crippen LogP contribution in [0.2, 0.25) is 0 Å². The van der Waals surface area contributed by atoms with Crippen molar-refractivity contribution in [3.63, 3.8) is 0 Å². The monoisotopic (exact) mass is 488 g/mol. The number of nitrogens with zero attached hydrogens (tertiary/aromatic N) is 2. The third-order valence-electron chi connectivity index (χ3n) is 6.99. The third kappa shape index (κ3) is 4.29. The Morgan fingerprint density at radius 1 is 1.00 bits per heavy atom. The molecule has 7 nitrogen and oxygen atoms in total. The first kappa shape index (κ1) is 24.2. The number of fused-ring (bicyclic) bond motifs is 1. The Hall–Kier alpha value is -3.56. The summed E-state index contributed by atoms with van der Waals surface area (Å²) in [5, 5.41) is 0.730. The van der Waals surface area contributed by atoms with E-state index in [1.807, 2.05) is 34.6 Å². The van der Waals surface area contributed by atoms with E-state index in [2.05, 4.69) is 9.97 Å². The van der Waals surface area contributed by atoms with Crippen LogP contribution in [0.5, 0.6) is 11.8 Å². The molecule has 36 heavy (non-hydrogen) atoms. The molecule has 0 radical (unpaired) electrons. The summed E-state index contributed by atoms with van der Waals surface area (Å²) < 4.78 is 38.9. The van der Waals surface area contributed by atoms with Gasteiger partial charge in [-0.25, -0.2) is 19.2 Å². The molecule has 2 aromatic carbocycles. The molecule has 1 fully saturated rings. The van der Waals surface area contributed by atoms with Crippen molar-refractivity contribution in [2.75, 3.05) is 0 Å². The van der Waals surface area contributed by atoms with Crippen molar-refractivity contribution in [1.82, 2.24) is 9.97 Å². The van der Waals surface area contributed by atoms with Crippen LogP contribution in [0.4, 0.5) is 4.39 Å². The van der Waals surface area contributed by atoms with Gasteiger partial charge in [-0.15, -0.1) is 0 Å². The fraction of sp³-hybridized carbons (Fsp3) is 0.296. The predicted octanol–water partition coefficient (Wildman–Crippen LogP) is 4.71. The molecule has 0 N–H and O–H groups in total. The number of halogens is 1. The van der Waals surface area contributed by atoms with Crippen LogP contribution in [-0.2, 0) is 15.7 Å². The molecule has 184 valence electrons. The van der Waals surface area contributed by atoms with Crippen molar-refractivity contribution in [3.05, 3.63) is 87.8 Å². The highest BCUT2D eigenvalue weighted by atomic mass is 19.1. The van der Waals surface area contributed by atoms with Crippen molar-refractivity contribution in [3.8, 4) is 11.8 Å². The van der Waals surface area contributed by atoms with Crippen LogP contribution in [0.1, 0.15) is 44.4 Å². The van der Waals surface area contributed by atoms with Crippen molar-refractivity contribution in [2.45, 2.75) is 52.2 Å². The summed E-state index contributed by atoms with van der Waals surface area (Å²) in [6.07, 6.45) is 3.21. The zero-order chi connectivity index (χ0) is 25.7. The lowest BCUT2D eigenvalue weighted by Gasteiger charge is -2.32. The molecule has 4 aromatic rings. The lowest BCUT2D eigenvalue weighted by molar-refractivity contribution is 0.00578. The molecule has 0 unspecified atom stereocenters. The Kier molecular flexibility index (Phi) is 5.93. The summed E-state index contributed by atoms with van der Waals surface area (Å²) in [6, 6.07) is 12.1. The van der Waals surface area contributed by atoms with Gasteiger partial charge in [0, 0.05) is 41.3 Å². The van der Waals surface area contributed by atoms with Gasteiger partial charge in [-0.05, 0) is 63.9 Å². The molecule has 5 rings (SSSR count). The number of rotatable bonds is 5. The number of benzene rings is 2. The van der Waals surface area contributed by atoms with Gasteiger partial charge in [-0.3, -0.25) is 0 Å². The van der Waals surface area contributed by atoms with Gasteiger partial charge in [0.15, 0.2) is 0 Å². The number of ether oxygens (including phenoxy) is 1. The average Bonchev–Trinajstić information content (AvgIpc) is 3.04. The highest BCUT2D eigenvalue weighted by Gasteiger charge is 2.52. The van der Waals surface area contributed by atoms with Crippen molar-refractivity contribution in [2.24, 2.45) is 0 Å². The van der Waals surface area contributed by atoms with E-state index in [1.54, 1.807) is 54.9 Å². The Labute approximate surface area is 208 Å². The van der Waals surface area contributed by atoms with Crippen LogP contribution in [0, 0.1) is 12.7 Å². The third-order valence-corrected chi connectivity index (χ3v) is 6.99. The molecular weight excluding hydrogens is 462 g/mol. The minimum atomic E-state index is -0.837. The molecule has 0 spiro atoms. The van der Waals surface area contributed by atoms with Gasteiger partial charge in [0.05, 0.1) is 11.2 Å². The Balaban J connectivity index is 1.46. The zero-order valence-corrected chi connectivity index (χ0v) is 20.8. The summed E-state index contributed by atoms with van der Waals surface area (Å²) in [4.78, 5) is 21.0. The van der Waals surface area contributed by atoms with Crippen LogP contribution < -0.4 is 15.8 Å². The van der Waals surface area contributed by atoms with E-state index >= 15 is 4.39 Å². The number of hydrogen-bond acceptors (Lipinski definition) is 7. The largest absolute Gasteiger partial charge is 0.497 e. The van der Waals surface area contributed by atoms with Gasteiger partial charge in [0.1, 0.15) is 17.1 Å². The molecule has 9 heteroatoms. The van der Waals surface area contributed by atoms with Gasteiger partial charge < -0.3 is 18.5 Å². The van der Waals surface area contributed by atoms with Crippen molar-refractivity contribution < 1.29 is 22.9 Å². The normalized spacial score (nSPS) is 16.4. The molecule has 0 saturated carbocycles. The second kappa shape index (κ2) is 8.83. The molecule has 0 aliphatic carbocycles. The number of hydrogen-bond donors (Lipinski definition) is 0. The molecule has 0 bridgehead atoms. The molecule has 2 aromatic heterocycles. The Bertz CT molecular complexity index is 1490. The Morgan fingerprint density at radius 2 is 1.69 bits per heavy atom. The fourth-order valence-corrected chi connectivity index (χ4v) is 4.16. The maximum atomic E-state index is 15.6. The molecule has 1 aliphatic heterocycles. The van der Waals surface area contributed by atoms with Gasteiger partial charge in [-0.1, -0.05) is 18.2 Å². The number of aryl methyl sites for hydroxylation is 1. The van der Waals surface area contributed by atoms with Crippen LogP contribution in [0.15, 0.2) is 64.1 Å². The van der Waals surface area contributed by atoms with Gasteiger partial charge in [0.25, 0.3) is 0 Å². The van der Waals surface area contributed by atoms with E-state index in [0.29, 0.717) is 33.5 Å². The highest BCUT2D eigenvalue weighted by molar-refractivity contribution is 6.62. The summed E-state index contributed by atoms with van der Waals surface area (Å²) >= 11 is 0. The lowest BCUT2D eigenvalue weighted by Crippen LogP contribution is -2.41. The molecule has 3 heterocycles. The van der Waals surface area contributed by atoms with Crippen molar-refractivity contribution >= 4 is 23.6 Å². The first-order chi connectivity index (χ1) is 17.1. The number of aromatic nitrogens is 2. The van der Waals surface area contributed by atoms with E-state index in [-0.39, 0.29) is 12.4 Å². The molecule has 1 aliphatic rings. The predicted molar refractivity (Wildman–Crippen MR) is 134 cm³/mol. The van der Waals surface area contributed by atoms with E-state index in [9.17, 15) is 4.79 Å². The summed E-state index contributed by atoms with van der Waals surface area (Å²) in [5.41, 5.74) is 0.403. The fourth-order valence-electron chi connectivity index (χ4n) is 4.16. The first-order valence-corrected chi connectivity index (χ1v) is 11.7. The van der Waals surface area contributed by atoms with Gasteiger partial charge >= 0.3 is 18.8 Å². The second-order valence-corrected chi connectivity index (χ2v) is 9.87. The zero-order valence-electron chi connectivity index (χ0n) is 20.8. The maximum Gasteiger partial charge on any atom is 0.497 e. The minimum absolute atomic E-state index is 0.0688. The second-order valence-electron chi connectivity index (χ2n) is 9.87. The minimum Gasteiger partial charge on any atom is -0.424 e. The average molecular weight is 488 g/mol. The first-order valence-electron chi connectivity index (χ1n) is 11.7. The smallest absolute Gasteiger partial charge is 0.424 e. The summed E-state index contributed by atoms with van der Waals surface area (Å²) in [7, 11) is -0.837. The molecule has 0 amide bonds. The van der Waals surface area contributed by atoms with Gasteiger partial charge in [0.2, 0.25) is 0 Å². The lowest BCUT2D eigenvalue weighted by atomic mass is 9.77. The van der Waals surface area contributed by atoms with Crippen LogP contribution in [-0.4, -0.2) is 28.3 Å². The standard InChI is InChI=1S/C27H26BFN2O5/c1-16-19-11-10-18(33-25-30-12-7-13-31-25)15-22(19)34-24(32)20(16)14-17-8-6-9-21(23(17)29)28-35-26(2,3)27(4,5)36-28/h6-13,15H,14H2,1-5H3. The van der Waals surface area contributed by atoms with E-state index in [1.165, 1.54) is 0 Å². The van der Waals surface area contributed by atoms with E-state index in [4.69, 9.17) is 18.5 Å². The maximum absolute atomic E-state index is 15.6. The van der Waals surface area contributed by atoms with Crippen molar-refractivity contribution in [1.29, 1.82) is 0 Å². The summed E-state index contributed by atoms with van der Waals surface area (Å²) in [6.45, 7) is 9.50. The molecular formula is C27H26BFN2O5. The van der Waals surface area contributed by atoms with Gasteiger partial charge in [-0.2, -0.15) is 0 Å². The quantitative estimate of drug-likeness (QED) is 0.297. The molecule has 0 atom stereocenters. The van der Waals surface area contributed by atoms with E-state index in [0.717, 1.165) is 5.39 Å². The van der Waals surface area contributed by atoms with Crippen LogP contribution in [0.25, 0.3) is 11.0 Å².